The fourth-order valence-corrected chi connectivity index (χ4v) is 4.87. The summed E-state index contributed by atoms with van der Waals surface area (Å²) in [4.78, 5) is 25.2. The molecule has 2 amide bonds. The maximum Gasteiger partial charge on any atom is 0.247 e. The number of nitrogens with zero attached hydrogens (tertiary/aromatic N) is 1. The molecule has 2 rings (SSSR count). The number of carbonyl (C=O) groups excluding carboxylic acids is 2. The zero-order valence-corrected chi connectivity index (χ0v) is 17.1. The van der Waals surface area contributed by atoms with Gasteiger partial charge in [-0.3, -0.25) is 9.59 Å². The number of unbranched alkanes of at least 4 members (excludes halogenated alkanes) is 5. The normalized spacial score (nSPS) is 18.5. The highest BCUT2D eigenvalue weighted by Crippen LogP contribution is 2.37. The van der Waals surface area contributed by atoms with Gasteiger partial charge in [-0.1, -0.05) is 89.1 Å². The topological polar surface area (TPSA) is 37.4 Å². The molecule has 26 heavy (non-hydrogen) atoms. The maximum atomic E-state index is 12.8. The van der Waals surface area contributed by atoms with Crippen LogP contribution in [-0.2, 0) is 9.59 Å². The van der Waals surface area contributed by atoms with E-state index in [1.165, 1.54) is 54.8 Å². The quantitative estimate of drug-likeness (QED) is 0.252. The first kappa shape index (κ1) is 21.0. The van der Waals surface area contributed by atoms with Crippen molar-refractivity contribution in [3.63, 3.8) is 0 Å². The third-order valence-electron chi connectivity index (χ3n) is 5.05. The Morgan fingerprint density at radius 3 is 2.35 bits per heavy atom. The van der Waals surface area contributed by atoms with Crippen molar-refractivity contribution in [1.29, 1.82) is 0 Å². The molecule has 0 spiro atoms. The van der Waals surface area contributed by atoms with Crippen LogP contribution in [-0.4, -0.2) is 21.4 Å². The van der Waals surface area contributed by atoms with E-state index in [1.807, 2.05) is 30.3 Å². The minimum atomic E-state index is -0.299. The van der Waals surface area contributed by atoms with E-state index in [0.717, 1.165) is 24.8 Å². The van der Waals surface area contributed by atoms with Crippen LogP contribution in [0.25, 0.3) is 0 Å². The Labute approximate surface area is 163 Å². The van der Waals surface area contributed by atoms with E-state index in [2.05, 4.69) is 13.8 Å². The first-order valence-corrected chi connectivity index (χ1v) is 11.1. The number of rotatable bonds is 12. The number of amides is 2. The molecule has 3 nitrogen and oxygen atoms in total. The third-order valence-corrected chi connectivity index (χ3v) is 6.41. The van der Waals surface area contributed by atoms with Crippen molar-refractivity contribution in [2.45, 2.75) is 89.2 Å². The van der Waals surface area contributed by atoms with Crippen LogP contribution in [0.15, 0.2) is 30.3 Å². The molecule has 1 heterocycles. The summed E-state index contributed by atoms with van der Waals surface area (Å²) in [5.74, 6) is -0.360. The molecule has 0 aliphatic carbocycles. The van der Waals surface area contributed by atoms with Crippen molar-refractivity contribution in [3.8, 4) is 0 Å². The Morgan fingerprint density at radius 1 is 0.962 bits per heavy atom. The number of hydrogen-bond acceptors (Lipinski definition) is 3. The molecule has 2 atom stereocenters. The fraction of sp³-hybridized carbons (Fsp3) is 0.636. The van der Waals surface area contributed by atoms with Gasteiger partial charge < -0.3 is 0 Å². The smallest absolute Gasteiger partial charge is 0.247 e. The monoisotopic (exact) mass is 375 g/mol. The van der Waals surface area contributed by atoms with Crippen molar-refractivity contribution in [1.82, 2.24) is 4.31 Å². The molecular weight excluding hydrogens is 342 g/mol. The molecule has 2 unspecified atom stereocenters. The van der Waals surface area contributed by atoms with Gasteiger partial charge >= 0.3 is 0 Å². The molecule has 1 fully saturated rings. The summed E-state index contributed by atoms with van der Waals surface area (Å²) in [7, 11) is 0. The van der Waals surface area contributed by atoms with Crippen LogP contribution in [0.2, 0.25) is 0 Å². The van der Waals surface area contributed by atoms with E-state index in [4.69, 9.17) is 0 Å². The molecule has 0 bridgehead atoms. The average Bonchev–Trinajstić information content (AvgIpc) is 2.93. The summed E-state index contributed by atoms with van der Waals surface area (Å²) in [6.07, 6.45) is 11.2. The van der Waals surface area contributed by atoms with Crippen LogP contribution in [0, 0.1) is 0 Å². The average molecular weight is 376 g/mol. The molecule has 1 aromatic rings. The molecule has 0 N–H and O–H groups in total. The minimum absolute atomic E-state index is 0.0297. The second-order valence-corrected chi connectivity index (χ2v) is 8.51. The maximum absolute atomic E-state index is 12.8. The Kier molecular flexibility index (Phi) is 9.24. The fourth-order valence-electron chi connectivity index (χ4n) is 3.54. The van der Waals surface area contributed by atoms with E-state index in [-0.39, 0.29) is 17.7 Å². The van der Waals surface area contributed by atoms with Crippen molar-refractivity contribution in [3.05, 3.63) is 35.9 Å². The Balaban J connectivity index is 1.87. The van der Waals surface area contributed by atoms with Gasteiger partial charge in [0.15, 0.2) is 0 Å². The first-order chi connectivity index (χ1) is 12.7. The van der Waals surface area contributed by atoms with E-state index in [1.54, 1.807) is 0 Å². The molecule has 1 aliphatic heterocycles. The van der Waals surface area contributed by atoms with Gasteiger partial charge in [-0.25, -0.2) is 4.31 Å². The van der Waals surface area contributed by atoms with Gasteiger partial charge in [0.1, 0.15) is 0 Å². The summed E-state index contributed by atoms with van der Waals surface area (Å²) in [6, 6.07) is 9.70. The summed E-state index contributed by atoms with van der Waals surface area (Å²) >= 11 is 1.49. The highest BCUT2D eigenvalue weighted by atomic mass is 32.2. The van der Waals surface area contributed by atoms with Crippen LogP contribution >= 0.6 is 11.9 Å². The first-order valence-electron chi connectivity index (χ1n) is 10.3. The molecule has 4 heteroatoms. The van der Waals surface area contributed by atoms with Gasteiger partial charge in [0.25, 0.3) is 0 Å². The van der Waals surface area contributed by atoms with Gasteiger partial charge in [0, 0.05) is 11.7 Å². The lowest BCUT2D eigenvalue weighted by molar-refractivity contribution is -0.132. The summed E-state index contributed by atoms with van der Waals surface area (Å²) in [6.45, 7) is 4.41. The van der Waals surface area contributed by atoms with Crippen LogP contribution < -0.4 is 0 Å². The molecule has 0 aromatic heterocycles. The molecule has 0 saturated carbocycles. The second kappa shape index (κ2) is 11.4. The van der Waals surface area contributed by atoms with E-state index < -0.39 is 0 Å². The highest BCUT2D eigenvalue weighted by molar-refractivity contribution is 7.98. The summed E-state index contributed by atoms with van der Waals surface area (Å²) in [5, 5.41) is 0.369. The van der Waals surface area contributed by atoms with E-state index in [0.29, 0.717) is 11.7 Å². The number of hydrogen-bond donors (Lipinski definition) is 0. The van der Waals surface area contributed by atoms with Crippen LogP contribution in [0.1, 0.15) is 89.5 Å². The van der Waals surface area contributed by atoms with Gasteiger partial charge in [-0.15, -0.1) is 0 Å². The van der Waals surface area contributed by atoms with Crippen LogP contribution in [0.5, 0.6) is 0 Å². The highest BCUT2D eigenvalue weighted by Gasteiger charge is 2.40. The largest absolute Gasteiger partial charge is 0.273 e. The summed E-state index contributed by atoms with van der Waals surface area (Å²) < 4.78 is 1.47. The van der Waals surface area contributed by atoms with E-state index in [9.17, 15) is 9.59 Å². The Morgan fingerprint density at radius 2 is 1.65 bits per heavy atom. The number of benzene rings is 1. The number of carbonyl (C=O) groups is 2. The van der Waals surface area contributed by atoms with Gasteiger partial charge in [0.2, 0.25) is 11.8 Å². The third kappa shape index (κ3) is 6.15. The Bertz CT molecular complexity index is 561. The minimum Gasteiger partial charge on any atom is -0.273 e. The molecule has 1 aromatic carbocycles. The van der Waals surface area contributed by atoms with Crippen molar-refractivity contribution >= 4 is 23.8 Å². The lowest BCUT2D eigenvalue weighted by Gasteiger charge is -2.21. The van der Waals surface area contributed by atoms with Crippen LogP contribution in [0.3, 0.4) is 0 Å². The zero-order chi connectivity index (χ0) is 18.8. The molecule has 1 aliphatic rings. The molecular formula is C22H33NO2S. The predicted molar refractivity (Wildman–Crippen MR) is 110 cm³/mol. The Hall–Kier alpha value is -1.29. The standard InChI is InChI=1S/C22H33NO2S/c1-3-5-6-7-8-12-16-19(13-4-2)26-23-21(24)17-20(22(23)25)18-14-10-9-11-15-18/h9-11,14-15,19-20H,3-8,12-13,16-17H2,1-2H3. The van der Waals surface area contributed by atoms with Gasteiger partial charge in [0.05, 0.1) is 5.92 Å². The molecule has 0 radical (unpaired) electrons. The second-order valence-electron chi connectivity index (χ2n) is 7.27. The van der Waals surface area contributed by atoms with Crippen LogP contribution in [0.4, 0.5) is 0 Å². The van der Waals surface area contributed by atoms with Gasteiger partial charge in [-0.05, 0) is 30.4 Å². The molecule has 1 saturated heterocycles. The van der Waals surface area contributed by atoms with E-state index >= 15 is 0 Å². The lowest BCUT2D eigenvalue weighted by Crippen LogP contribution is -2.26. The van der Waals surface area contributed by atoms with Crippen molar-refractivity contribution in [2.24, 2.45) is 0 Å². The van der Waals surface area contributed by atoms with Crippen molar-refractivity contribution in [2.75, 3.05) is 0 Å². The number of imide groups is 1. The molecule has 144 valence electrons. The SMILES string of the molecule is CCCCCCCCC(CCC)SN1C(=O)CC(c2ccccc2)C1=O. The predicted octanol–water partition coefficient (Wildman–Crippen LogP) is 6.10. The van der Waals surface area contributed by atoms with Gasteiger partial charge in [-0.2, -0.15) is 0 Å². The lowest BCUT2D eigenvalue weighted by atomic mass is 9.98. The summed E-state index contributed by atoms with van der Waals surface area (Å²) in [5.41, 5.74) is 0.955. The zero-order valence-electron chi connectivity index (χ0n) is 16.3. The van der Waals surface area contributed by atoms with Crippen molar-refractivity contribution < 1.29 is 9.59 Å².